The van der Waals surface area contributed by atoms with E-state index in [-0.39, 0.29) is 31.2 Å². The van der Waals surface area contributed by atoms with E-state index in [2.05, 4.69) is 4.57 Å². The number of sulfonamides is 1. The fourth-order valence-electron chi connectivity index (χ4n) is 4.00. The Bertz CT molecular complexity index is 1160. The molecular weight excluding hydrogens is 439 g/mol. The van der Waals surface area contributed by atoms with Crippen LogP contribution in [-0.2, 0) is 19.5 Å². The molecule has 172 valence electrons. The highest BCUT2D eigenvalue weighted by Gasteiger charge is 2.30. The van der Waals surface area contributed by atoms with Gasteiger partial charge in [0.05, 0.1) is 23.7 Å². The molecule has 4 rings (SSSR count). The van der Waals surface area contributed by atoms with Crippen LogP contribution in [0, 0.1) is 19.7 Å². The topological polar surface area (TPSA) is 94.9 Å². The predicted molar refractivity (Wildman–Crippen MR) is 113 cm³/mol. The largest absolute Gasteiger partial charge is 0.454 e. The first kappa shape index (κ1) is 22.6. The van der Waals surface area contributed by atoms with E-state index in [1.807, 2.05) is 13.8 Å². The van der Waals surface area contributed by atoms with Gasteiger partial charge in [0.2, 0.25) is 15.8 Å². The Hall–Kier alpha value is -2.56. The Morgan fingerprint density at radius 3 is 2.47 bits per heavy atom. The number of benzene rings is 1. The summed E-state index contributed by atoms with van der Waals surface area (Å²) in [6.07, 6.45) is 2.14. The van der Waals surface area contributed by atoms with Crippen LogP contribution in [0.4, 0.5) is 4.39 Å². The number of nitrogens with zero attached hydrogens (tertiary/aromatic N) is 2. The molecule has 1 aromatic carbocycles. The van der Waals surface area contributed by atoms with Gasteiger partial charge in [-0.15, -0.1) is 0 Å². The summed E-state index contributed by atoms with van der Waals surface area (Å²) in [5.41, 5.74) is 1.71. The van der Waals surface area contributed by atoms with Crippen LogP contribution in [0.1, 0.15) is 51.0 Å². The molecule has 1 saturated carbocycles. The van der Waals surface area contributed by atoms with Crippen molar-refractivity contribution in [3.05, 3.63) is 52.6 Å². The zero-order chi connectivity index (χ0) is 23.0. The molecule has 0 amide bonds. The summed E-state index contributed by atoms with van der Waals surface area (Å²) in [6, 6.07) is 5.14. The quantitative estimate of drug-likeness (QED) is 0.462. The van der Waals surface area contributed by atoms with Crippen LogP contribution in [0.15, 0.2) is 29.2 Å². The summed E-state index contributed by atoms with van der Waals surface area (Å²) in [6.45, 7) is 4.08. The molecule has 0 atom stereocenters. The highest BCUT2D eigenvalue weighted by Crippen LogP contribution is 2.38. The minimum absolute atomic E-state index is 0.174. The molecule has 2 aromatic rings. The van der Waals surface area contributed by atoms with Crippen LogP contribution in [0.3, 0.4) is 0 Å². The third-order valence-corrected chi connectivity index (χ3v) is 7.69. The first-order chi connectivity index (χ1) is 15.2. The van der Waals surface area contributed by atoms with Gasteiger partial charge in [0.1, 0.15) is 5.82 Å². The number of rotatable bonds is 7. The van der Waals surface area contributed by atoms with E-state index in [1.54, 1.807) is 6.07 Å². The normalized spacial score (nSPS) is 17.3. The molecule has 0 N–H and O–H groups in total. The summed E-state index contributed by atoms with van der Waals surface area (Å²) in [4.78, 5) is 24.9. The van der Waals surface area contributed by atoms with E-state index in [4.69, 9.17) is 9.47 Å². The molecular formula is C22H25FN2O6S. The van der Waals surface area contributed by atoms with Gasteiger partial charge in [-0.3, -0.25) is 4.79 Å². The van der Waals surface area contributed by atoms with Gasteiger partial charge in [0.15, 0.2) is 6.61 Å². The van der Waals surface area contributed by atoms with Crippen molar-refractivity contribution in [3.63, 3.8) is 0 Å². The second-order valence-electron chi connectivity index (χ2n) is 8.04. The molecule has 0 radical (unpaired) electrons. The highest BCUT2D eigenvalue weighted by atomic mass is 32.2. The molecule has 2 fully saturated rings. The molecule has 0 unspecified atom stereocenters. The molecule has 1 aliphatic heterocycles. The molecule has 0 spiro atoms. The Morgan fingerprint density at radius 1 is 1.12 bits per heavy atom. The number of carbonyl (C=O) groups is 2. The van der Waals surface area contributed by atoms with Crippen LogP contribution in [0.25, 0.3) is 0 Å². The number of carbonyl (C=O) groups excluding carboxylic acids is 2. The Balaban J connectivity index is 1.48. The van der Waals surface area contributed by atoms with Crippen molar-refractivity contribution in [2.45, 2.75) is 37.6 Å². The summed E-state index contributed by atoms with van der Waals surface area (Å²) in [5.74, 6) is -2.41. The van der Waals surface area contributed by atoms with Gasteiger partial charge in [-0.25, -0.2) is 17.6 Å². The molecule has 32 heavy (non-hydrogen) atoms. The number of aryl methyl sites for hydroxylation is 1. The molecule has 1 aliphatic carbocycles. The van der Waals surface area contributed by atoms with E-state index in [0.29, 0.717) is 11.6 Å². The van der Waals surface area contributed by atoms with Gasteiger partial charge >= 0.3 is 5.97 Å². The number of esters is 1. The van der Waals surface area contributed by atoms with Crippen molar-refractivity contribution in [3.8, 4) is 0 Å². The van der Waals surface area contributed by atoms with Gasteiger partial charge in [-0.2, -0.15) is 4.31 Å². The SMILES string of the molecule is Cc1cc(C(=O)COC(=O)c2cc(S(=O)(=O)N3CCOCC3)ccc2F)c(C)n1C1CC1. The van der Waals surface area contributed by atoms with Crippen molar-refractivity contribution in [2.75, 3.05) is 32.9 Å². The van der Waals surface area contributed by atoms with Gasteiger partial charge < -0.3 is 14.0 Å². The van der Waals surface area contributed by atoms with Crippen LogP contribution in [-0.4, -0.2) is 62.0 Å². The van der Waals surface area contributed by atoms with E-state index in [9.17, 15) is 22.4 Å². The number of ketones is 1. The number of hydrogen-bond acceptors (Lipinski definition) is 6. The maximum atomic E-state index is 14.3. The number of ether oxygens (including phenoxy) is 2. The second kappa shape index (κ2) is 8.76. The lowest BCUT2D eigenvalue weighted by atomic mass is 10.1. The van der Waals surface area contributed by atoms with Gasteiger partial charge in [0.25, 0.3) is 0 Å². The summed E-state index contributed by atoms with van der Waals surface area (Å²) in [5, 5.41) is 0. The van der Waals surface area contributed by atoms with Crippen LogP contribution in [0.5, 0.6) is 0 Å². The summed E-state index contributed by atoms with van der Waals surface area (Å²) >= 11 is 0. The molecule has 0 bridgehead atoms. The van der Waals surface area contributed by atoms with E-state index < -0.39 is 39.8 Å². The van der Waals surface area contributed by atoms with E-state index >= 15 is 0 Å². The standard InChI is InChI=1S/C22H25FN2O6S/c1-14-11-18(15(2)25(14)16-3-4-16)21(26)13-31-22(27)19-12-17(5-6-20(19)23)32(28,29)24-7-9-30-10-8-24/h5-6,11-12,16H,3-4,7-10,13H2,1-2H3. The number of halogens is 1. The number of aromatic nitrogens is 1. The van der Waals surface area contributed by atoms with E-state index in [0.717, 1.165) is 42.4 Å². The number of morpholine rings is 1. The molecule has 2 aliphatic rings. The minimum Gasteiger partial charge on any atom is -0.454 e. The Kier molecular flexibility index (Phi) is 6.19. The molecule has 8 nitrogen and oxygen atoms in total. The fourth-order valence-corrected chi connectivity index (χ4v) is 5.43. The monoisotopic (exact) mass is 464 g/mol. The highest BCUT2D eigenvalue weighted by molar-refractivity contribution is 7.89. The molecule has 1 saturated heterocycles. The zero-order valence-corrected chi connectivity index (χ0v) is 18.8. The lowest BCUT2D eigenvalue weighted by Gasteiger charge is -2.26. The Labute approximate surface area is 186 Å². The lowest BCUT2D eigenvalue weighted by Crippen LogP contribution is -2.40. The van der Waals surface area contributed by atoms with Crippen LogP contribution in [0.2, 0.25) is 0 Å². The van der Waals surface area contributed by atoms with Gasteiger partial charge in [-0.05, 0) is 51.0 Å². The average Bonchev–Trinajstić information content (AvgIpc) is 3.56. The molecule has 1 aromatic heterocycles. The Morgan fingerprint density at radius 2 is 1.81 bits per heavy atom. The molecule has 2 heterocycles. The van der Waals surface area contributed by atoms with Crippen LogP contribution >= 0.6 is 0 Å². The van der Waals surface area contributed by atoms with Crippen molar-refractivity contribution < 1.29 is 31.9 Å². The third kappa shape index (κ3) is 4.35. The maximum Gasteiger partial charge on any atom is 0.341 e. The first-order valence-corrected chi connectivity index (χ1v) is 11.9. The van der Waals surface area contributed by atoms with Crippen molar-refractivity contribution in [2.24, 2.45) is 0 Å². The average molecular weight is 465 g/mol. The van der Waals surface area contributed by atoms with Gasteiger partial charge in [0, 0.05) is 36.1 Å². The van der Waals surface area contributed by atoms with Crippen LogP contribution < -0.4 is 0 Å². The minimum atomic E-state index is -3.91. The van der Waals surface area contributed by atoms with E-state index in [1.165, 1.54) is 4.31 Å². The number of hydrogen-bond donors (Lipinski definition) is 0. The predicted octanol–water partition coefficient (Wildman–Crippen LogP) is 2.64. The second-order valence-corrected chi connectivity index (χ2v) is 9.98. The van der Waals surface area contributed by atoms with Crippen molar-refractivity contribution in [1.29, 1.82) is 0 Å². The van der Waals surface area contributed by atoms with Crippen molar-refractivity contribution in [1.82, 2.24) is 8.87 Å². The maximum absolute atomic E-state index is 14.3. The molecule has 10 heteroatoms. The first-order valence-electron chi connectivity index (χ1n) is 10.5. The smallest absolute Gasteiger partial charge is 0.341 e. The third-order valence-electron chi connectivity index (χ3n) is 5.80. The van der Waals surface area contributed by atoms with Crippen molar-refractivity contribution >= 4 is 21.8 Å². The lowest BCUT2D eigenvalue weighted by molar-refractivity contribution is 0.0469. The zero-order valence-electron chi connectivity index (χ0n) is 18.0. The fraction of sp³-hybridized carbons (Fsp3) is 0.455. The summed E-state index contributed by atoms with van der Waals surface area (Å²) in [7, 11) is -3.91. The summed E-state index contributed by atoms with van der Waals surface area (Å²) < 4.78 is 53.4. The van der Waals surface area contributed by atoms with Gasteiger partial charge in [-0.1, -0.05) is 0 Å². The number of Topliss-reactive ketones (excluding diaryl/α,β-unsaturated/α-hetero) is 1.